The maximum atomic E-state index is 8.96. The number of hydrogen-bond donors (Lipinski definition) is 2. The summed E-state index contributed by atoms with van der Waals surface area (Å²) in [6.07, 6.45) is 1.78. The fourth-order valence-electron chi connectivity index (χ4n) is 1.05. The summed E-state index contributed by atoms with van der Waals surface area (Å²) in [5.41, 5.74) is 2.01. The first-order valence-electron chi connectivity index (χ1n) is 3.98. The first-order chi connectivity index (χ1) is 5.77. The Morgan fingerprint density at radius 1 is 1.58 bits per heavy atom. The average molecular weight is 166 g/mol. The average Bonchev–Trinajstić information content (AvgIpc) is 2.10. The third kappa shape index (κ3) is 2.03. The van der Waals surface area contributed by atoms with Crippen LogP contribution in [0, 0.1) is 6.92 Å². The quantitative estimate of drug-likeness (QED) is 0.692. The molecule has 1 heterocycles. The van der Waals surface area contributed by atoms with Gasteiger partial charge in [0.15, 0.2) is 0 Å². The van der Waals surface area contributed by atoms with Gasteiger partial charge < -0.3 is 10.4 Å². The number of aryl methyl sites for hydroxylation is 1. The van der Waals surface area contributed by atoms with Gasteiger partial charge in [-0.2, -0.15) is 0 Å². The molecule has 3 heteroatoms. The van der Waals surface area contributed by atoms with E-state index >= 15 is 0 Å². The number of likely N-dealkylation sites (N-methyl/N-ethyl adjacent to an activating group) is 1. The van der Waals surface area contributed by atoms with E-state index in [1.807, 2.05) is 26.1 Å². The maximum Gasteiger partial charge on any atom is 0.0626 e. The lowest BCUT2D eigenvalue weighted by Gasteiger charge is -2.12. The summed E-state index contributed by atoms with van der Waals surface area (Å²) in [6, 6.07) is 3.91. The number of aliphatic hydroxyl groups excluding tert-OH is 1. The van der Waals surface area contributed by atoms with Crippen molar-refractivity contribution in [2.75, 3.05) is 13.7 Å². The summed E-state index contributed by atoms with van der Waals surface area (Å²) in [4.78, 5) is 4.14. The number of pyridine rings is 1. The van der Waals surface area contributed by atoms with Crippen LogP contribution < -0.4 is 5.32 Å². The predicted molar refractivity (Wildman–Crippen MR) is 47.9 cm³/mol. The van der Waals surface area contributed by atoms with Crippen LogP contribution in [0.1, 0.15) is 17.3 Å². The highest BCUT2D eigenvalue weighted by Crippen LogP contribution is 2.09. The van der Waals surface area contributed by atoms with Gasteiger partial charge in [-0.15, -0.1) is 0 Å². The van der Waals surface area contributed by atoms with Gasteiger partial charge >= 0.3 is 0 Å². The standard InChI is InChI=1S/C9H14N2O/c1-7-3-4-8(5-11-7)9(6-12)10-2/h3-5,9-10,12H,6H2,1-2H3. The van der Waals surface area contributed by atoms with Gasteiger partial charge in [-0.3, -0.25) is 4.98 Å². The molecule has 0 aliphatic heterocycles. The van der Waals surface area contributed by atoms with E-state index in [0.29, 0.717) is 0 Å². The van der Waals surface area contributed by atoms with Gasteiger partial charge in [-0.05, 0) is 25.6 Å². The third-order valence-corrected chi connectivity index (χ3v) is 1.87. The topological polar surface area (TPSA) is 45.1 Å². The van der Waals surface area contributed by atoms with Gasteiger partial charge in [0.05, 0.1) is 12.6 Å². The van der Waals surface area contributed by atoms with Crippen molar-refractivity contribution < 1.29 is 5.11 Å². The van der Waals surface area contributed by atoms with Crippen LogP contribution in [0.2, 0.25) is 0 Å². The van der Waals surface area contributed by atoms with Crippen molar-refractivity contribution in [3.8, 4) is 0 Å². The predicted octanol–water partition coefficient (Wildman–Crippen LogP) is 0.643. The summed E-state index contributed by atoms with van der Waals surface area (Å²) in [5.74, 6) is 0. The van der Waals surface area contributed by atoms with Gasteiger partial charge in [0, 0.05) is 11.9 Å². The van der Waals surface area contributed by atoms with Crippen LogP contribution in [0.15, 0.2) is 18.3 Å². The highest BCUT2D eigenvalue weighted by Gasteiger charge is 2.06. The van der Waals surface area contributed by atoms with Crippen molar-refractivity contribution in [2.45, 2.75) is 13.0 Å². The summed E-state index contributed by atoms with van der Waals surface area (Å²) in [5, 5.41) is 12.0. The molecule has 0 radical (unpaired) electrons. The smallest absolute Gasteiger partial charge is 0.0626 e. The summed E-state index contributed by atoms with van der Waals surface area (Å²) in [7, 11) is 1.82. The fraction of sp³-hybridized carbons (Fsp3) is 0.444. The molecular weight excluding hydrogens is 152 g/mol. The number of hydrogen-bond acceptors (Lipinski definition) is 3. The molecule has 0 amide bonds. The normalized spacial score (nSPS) is 12.9. The lowest BCUT2D eigenvalue weighted by molar-refractivity contribution is 0.250. The second-order valence-corrected chi connectivity index (χ2v) is 2.76. The van der Waals surface area contributed by atoms with Crippen molar-refractivity contribution in [1.82, 2.24) is 10.3 Å². The van der Waals surface area contributed by atoms with Crippen LogP contribution in [0.5, 0.6) is 0 Å². The molecule has 66 valence electrons. The van der Waals surface area contributed by atoms with Crippen LogP contribution in [-0.4, -0.2) is 23.7 Å². The molecule has 1 atom stereocenters. The zero-order valence-corrected chi connectivity index (χ0v) is 7.41. The number of aliphatic hydroxyl groups is 1. The van der Waals surface area contributed by atoms with Crippen molar-refractivity contribution in [3.63, 3.8) is 0 Å². The summed E-state index contributed by atoms with van der Waals surface area (Å²) in [6.45, 7) is 2.04. The van der Waals surface area contributed by atoms with Gasteiger partial charge in [-0.1, -0.05) is 6.07 Å². The second-order valence-electron chi connectivity index (χ2n) is 2.76. The van der Waals surface area contributed by atoms with Crippen LogP contribution in [0.3, 0.4) is 0 Å². The molecule has 1 aromatic rings. The Kier molecular flexibility index (Phi) is 3.19. The lowest BCUT2D eigenvalue weighted by Crippen LogP contribution is -2.19. The summed E-state index contributed by atoms with van der Waals surface area (Å²) < 4.78 is 0. The Balaban J connectivity index is 2.80. The molecule has 0 aromatic carbocycles. The molecule has 1 unspecified atom stereocenters. The molecule has 12 heavy (non-hydrogen) atoms. The van der Waals surface area contributed by atoms with Crippen LogP contribution >= 0.6 is 0 Å². The number of nitrogens with one attached hydrogen (secondary N) is 1. The van der Waals surface area contributed by atoms with Gasteiger partial charge in [0.1, 0.15) is 0 Å². The van der Waals surface area contributed by atoms with Crippen LogP contribution in [0.4, 0.5) is 0 Å². The van der Waals surface area contributed by atoms with Crippen LogP contribution in [0.25, 0.3) is 0 Å². The van der Waals surface area contributed by atoms with E-state index in [1.54, 1.807) is 6.20 Å². The Morgan fingerprint density at radius 2 is 2.33 bits per heavy atom. The molecule has 0 aliphatic rings. The second kappa shape index (κ2) is 4.18. The van der Waals surface area contributed by atoms with E-state index in [1.165, 1.54) is 0 Å². The zero-order chi connectivity index (χ0) is 8.97. The van der Waals surface area contributed by atoms with E-state index in [-0.39, 0.29) is 12.6 Å². The maximum absolute atomic E-state index is 8.96. The minimum atomic E-state index is -0.00176. The van der Waals surface area contributed by atoms with Crippen molar-refractivity contribution in [2.24, 2.45) is 0 Å². The lowest BCUT2D eigenvalue weighted by atomic mass is 10.1. The number of nitrogens with zero attached hydrogens (tertiary/aromatic N) is 1. The Bertz CT molecular complexity index is 229. The van der Waals surface area contributed by atoms with E-state index in [9.17, 15) is 0 Å². The van der Waals surface area contributed by atoms with E-state index in [0.717, 1.165) is 11.3 Å². The number of aromatic nitrogens is 1. The van der Waals surface area contributed by atoms with E-state index < -0.39 is 0 Å². The van der Waals surface area contributed by atoms with Crippen LogP contribution in [-0.2, 0) is 0 Å². The Labute approximate surface area is 72.5 Å². The molecule has 0 spiro atoms. The molecule has 0 bridgehead atoms. The fourth-order valence-corrected chi connectivity index (χ4v) is 1.05. The van der Waals surface area contributed by atoms with Crippen molar-refractivity contribution >= 4 is 0 Å². The molecular formula is C9H14N2O. The largest absolute Gasteiger partial charge is 0.394 e. The molecule has 3 nitrogen and oxygen atoms in total. The first-order valence-corrected chi connectivity index (χ1v) is 3.98. The monoisotopic (exact) mass is 166 g/mol. The molecule has 1 rings (SSSR count). The van der Waals surface area contributed by atoms with Crippen molar-refractivity contribution in [3.05, 3.63) is 29.6 Å². The Hall–Kier alpha value is -0.930. The minimum Gasteiger partial charge on any atom is -0.394 e. The van der Waals surface area contributed by atoms with E-state index in [4.69, 9.17) is 5.11 Å². The van der Waals surface area contributed by atoms with Crippen molar-refractivity contribution in [1.29, 1.82) is 0 Å². The molecule has 1 aromatic heterocycles. The first kappa shape index (κ1) is 9.16. The van der Waals surface area contributed by atoms with Gasteiger partial charge in [-0.25, -0.2) is 0 Å². The Morgan fingerprint density at radius 3 is 2.75 bits per heavy atom. The SMILES string of the molecule is CNC(CO)c1ccc(C)nc1. The van der Waals surface area contributed by atoms with Gasteiger partial charge in [0.2, 0.25) is 0 Å². The molecule has 0 saturated heterocycles. The highest BCUT2D eigenvalue weighted by atomic mass is 16.3. The molecule has 2 N–H and O–H groups in total. The molecule has 0 saturated carbocycles. The third-order valence-electron chi connectivity index (χ3n) is 1.87. The summed E-state index contributed by atoms with van der Waals surface area (Å²) >= 11 is 0. The number of rotatable bonds is 3. The molecule has 0 aliphatic carbocycles. The van der Waals surface area contributed by atoms with Gasteiger partial charge in [0.25, 0.3) is 0 Å². The van der Waals surface area contributed by atoms with E-state index in [2.05, 4.69) is 10.3 Å². The molecule has 0 fully saturated rings. The zero-order valence-electron chi connectivity index (χ0n) is 7.41. The minimum absolute atomic E-state index is 0.00176. The highest BCUT2D eigenvalue weighted by molar-refractivity contribution is 5.17.